The topological polar surface area (TPSA) is 0 Å². The first kappa shape index (κ1) is 11.4. The van der Waals surface area contributed by atoms with E-state index in [1.54, 1.807) is 11.1 Å². The van der Waals surface area contributed by atoms with Crippen molar-refractivity contribution in [3.05, 3.63) is 46.5 Å². The zero-order valence-corrected chi connectivity index (χ0v) is 10.6. The molecule has 0 fully saturated rings. The predicted molar refractivity (Wildman–Crippen MR) is 70.7 cm³/mol. The van der Waals surface area contributed by atoms with Gasteiger partial charge in [-0.15, -0.1) is 0 Å². The van der Waals surface area contributed by atoms with E-state index < -0.39 is 0 Å². The minimum Gasteiger partial charge on any atom is -0.0744 e. The highest BCUT2D eigenvalue weighted by molar-refractivity contribution is 5.23. The Balaban J connectivity index is 2.14. The fourth-order valence-electron chi connectivity index (χ4n) is 2.41. The summed E-state index contributed by atoms with van der Waals surface area (Å²) in [7, 11) is 0. The van der Waals surface area contributed by atoms with Gasteiger partial charge < -0.3 is 0 Å². The van der Waals surface area contributed by atoms with Crippen molar-refractivity contribution in [2.45, 2.75) is 52.4 Å². The molecule has 0 spiro atoms. The summed E-state index contributed by atoms with van der Waals surface area (Å²) in [4.78, 5) is 0. The lowest BCUT2D eigenvalue weighted by atomic mass is 9.95. The number of benzene rings is 1. The Hall–Kier alpha value is -1.04. The molecular formula is C16H22. The van der Waals surface area contributed by atoms with Crippen molar-refractivity contribution in [2.75, 3.05) is 0 Å². The van der Waals surface area contributed by atoms with Crippen molar-refractivity contribution in [1.29, 1.82) is 0 Å². The molecule has 2 aliphatic carbocycles. The van der Waals surface area contributed by atoms with E-state index in [2.05, 4.69) is 38.1 Å². The van der Waals surface area contributed by atoms with Crippen molar-refractivity contribution < 1.29 is 0 Å². The average molecular weight is 214 g/mol. The van der Waals surface area contributed by atoms with Crippen LogP contribution in [0.25, 0.3) is 0 Å². The summed E-state index contributed by atoms with van der Waals surface area (Å²) in [6.45, 7) is 4.62. The number of hydrogen-bond acceptors (Lipinski definition) is 0. The van der Waals surface area contributed by atoms with Crippen molar-refractivity contribution in [3.63, 3.8) is 0 Å². The molecule has 0 saturated heterocycles. The van der Waals surface area contributed by atoms with Crippen molar-refractivity contribution in [3.8, 4) is 0 Å². The molecule has 0 amide bonds. The van der Waals surface area contributed by atoms with Crippen LogP contribution in [0.1, 0.15) is 50.7 Å². The van der Waals surface area contributed by atoms with Gasteiger partial charge in [-0.1, -0.05) is 35.4 Å². The lowest BCUT2D eigenvalue weighted by Gasteiger charge is -2.11. The van der Waals surface area contributed by atoms with E-state index in [0.717, 1.165) is 0 Å². The minimum absolute atomic E-state index is 1.23. The molecule has 0 aliphatic heterocycles. The number of allylic oxidation sites excluding steroid dienone is 2. The summed E-state index contributed by atoms with van der Waals surface area (Å²) >= 11 is 0. The summed E-state index contributed by atoms with van der Waals surface area (Å²) < 4.78 is 0. The second-order valence-electron chi connectivity index (χ2n) is 5.08. The highest BCUT2D eigenvalue weighted by Crippen LogP contribution is 2.20. The fourth-order valence-corrected chi connectivity index (χ4v) is 2.41. The summed E-state index contributed by atoms with van der Waals surface area (Å²) in [5, 5.41) is 0. The van der Waals surface area contributed by atoms with Gasteiger partial charge in [-0.3, -0.25) is 0 Å². The number of hydrogen-bond donors (Lipinski definition) is 0. The Bertz CT molecular complexity index is 331. The molecule has 0 unspecified atom stereocenters. The van der Waals surface area contributed by atoms with Crippen LogP contribution >= 0.6 is 0 Å². The molecule has 0 atom stereocenters. The van der Waals surface area contributed by atoms with Gasteiger partial charge in [0.15, 0.2) is 0 Å². The quantitative estimate of drug-likeness (QED) is 0.550. The van der Waals surface area contributed by atoms with Crippen LogP contribution in [0.5, 0.6) is 0 Å². The van der Waals surface area contributed by atoms with E-state index >= 15 is 0 Å². The molecule has 0 heterocycles. The Labute approximate surface area is 99.4 Å². The number of fused-ring (bicyclic) bond motifs is 8. The molecule has 1 aromatic rings. The summed E-state index contributed by atoms with van der Waals surface area (Å²) in [5.41, 5.74) is 6.23. The molecule has 1 aromatic carbocycles. The van der Waals surface area contributed by atoms with Gasteiger partial charge in [0.2, 0.25) is 0 Å². The third-order valence-electron chi connectivity index (χ3n) is 3.79. The molecule has 0 nitrogen and oxygen atoms in total. The van der Waals surface area contributed by atoms with Crippen molar-refractivity contribution in [1.82, 2.24) is 0 Å². The Morgan fingerprint density at radius 2 is 1.00 bits per heavy atom. The van der Waals surface area contributed by atoms with Gasteiger partial charge in [-0.2, -0.15) is 0 Å². The highest BCUT2D eigenvalue weighted by atomic mass is 14.1. The first-order chi connectivity index (χ1) is 7.75. The number of aryl methyl sites for hydroxylation is 2. The molecule has 0 aromatic heterocycles. The molecule has 0 saturated carbocycles. The maximum atomic E-state index is 2.31. The molecule has 0 radical (unpaired) electrons. The summed E-state index contributed by atoms with van der Waals surface area (Å²) in [6, 6.07) is 9.23. The van der Waals surface area contributed by atoms with Gasteiger partial charge >= 0.3 is 0 Å². The zero-order chi connectivity index (χ0) is 11.4. The summed E-state index contributed by atoms with van der Waals surface area (Å²) in [5.74, 6) is 0. The second kappa shape index (κ2) is 5.34. The van der Waals surface area contributed by atoms with E-state index in [-0.39, 0.29) is 0 Å². The third-order valence-corrected chi connectivity index (χ3v) is 3.79. The van der Waals surface area contributed by atoms with Crippen LogP contribution in [0.4, 0.5) is 0 Å². The Kier molecular flexibility index (Phi) is 3.82. The number of rotatable bonds is 0. The molecule has 16 heavy (non-hydrogen) atoms. The standard InChI is InChI=1S/C16H22/c1-13-5-3-7-15-9-11-16(12-10-15)8-4-6-14(13)2/h9-12H,3-8H2,1-2H3/b14-13+. The van der Waals surface area contributed by atoms with E-state index in [1.807, 2.05) is 0 Å². The van der Waals surface area contributed by atoms with Crippen LogP contribution in [0, 0.1) is 0 Å². The van der Waals surface area contributed by atoms with Crippen LogP contribution < -0.4 is 0 Å². The van der Waals surface area contributed by atoms with Crippen molar-refractivity contribution >= 4 is 0 Å². The van der Waals surface area contributed by atoms with Gasteiger partial charge in [-0.05, 0) is 63.5 Å². The molecular weight excluding hydrogens is 192 g/mol. The predicted octanol–water partition coefficient (Wildman–Crippen LogP) is 4.68. The molecule has 0 N–H and O–H groups in total. The normalized spacial score (nSPS) is 22.6. The maximum Gasteiger partial charge on any atom is -0.0276 e. The van der Waals surface area contributed by atoms with Gasteiger partial charge in [0.1, 0.15) is 0 Å². The van der Waals surface area contributed by atoms with Crippen LogP contribution in [0.15, 0.2) is 35.4 Å². The van der Waals surface area contributed by atoms with Crippen LogP contribution in [0.2, 0.25) is 0 Å². The maximum absolute atomic E-state index is 2.31. The lowest BCUT2D eigenvalue weighted by Crippen LogP contribution is -1.94. The van der Waals surface area contributed by atoms with Gasteiger partial charge in [0, 0.05) is 0 Å². The molecule has 2 bridgehead atoms. The summed E-state index contributed by atoms with van der Waals surface area (Å²) in [6.07, 6.45) is 7.59. The van der Waals surface area contributed by atoms with E-state index in [4.69, 9.17) is 0 Å². The Morgan fingerprint density at radius 1 is 0.625 bits per heavy atom. The van der Waals surface area contributed by atoms with Gasteiger partial charge in [0.25, 0.3) is 0 Å². The van der Waals surface area contributed by atoms with E-state index in [1.165, 1.54) is 49.7 Å². The Morgan fingerprint density at radius 3 is 1.38 bits per heavy atom. The molecule has 86 valence electrons. The fraction of sp³-hybridized carbons (Fsp3) is 0.500. The average Bonchev–Trinajstić information content (AvgIpc) is 2.29. The van der Waals surface area contributed by atoms with E-state index in [9.17, 15) is 0 Å². The van der Waals surface area contributed by atoms with Crippen molar-refractivity contribution in [2.24, 2.45) is 0 Å². The first-order valence-corrected chi connectivity index (χ1v) is 6.49. The minimum atomic E-state index is 1.23. The van der Waals surface area contributed by atoms with Crippen LogP contribution in [-0.4, -0.2) is 0 Å². The monoisotopic (exact) mass is 214 g/mol. The first-order valence-electron chi connectivity index (χ1n) is 6.49. The van der Waals surface area contributed by atoms with E-state index in [0.29, 0.717) is 0 Å². The SMILES string of the molecule is C/C1=C(/C)CCCc2ccc(cc2)CCC1. The molecule has 2 aliphatic rings. The molecule has 3 rings (SSSR count). The highest BCUT2D eigenvalue weighted by Gasteiger charge is 2.02. The lowest BCUT2D eigenvalue weighted by molar-refractivity contribution is 0.757. The third kappa shape index (κ3) is 2.98. The largest absolute Gasteiger partial charge is 0.0744 e. The molecule has 0 heteroatoms. The van der Waals surface area contributed by atoms with Crippen LogP contribution in [-0.2, 0) is 12.8 Å². The van der Waals surface area contributed by atoms with Gasteiger partial charge in [0.05, 0.1) is 0 Å². The van der Waals surface area contributed by atoms with Crippen LogP contribution in [0.3, 0.4) is 0 Å². The smallest absolute Gasteiger partial charge is 0.0276 e. The zero-order valence-electron chi connectivity index (χ0n) is 10.6. The van der Waals surface area contributed by atoms with Gasteiger partial charge in [-0.25, -0.2) is 0 Å². The second-order valence-corrected chi connectivity index (χ2v) is 5.08.